The third kappa shape index (κ3) is 4.34. The number of hydrogen-bond donors (Lipinski definition) is 1. The number of ether oxygens (including phenoxy) is 1. The molecule has 7 heteroatoms. The Morgan fingerprint density at radius 2 is 1.91 bits per heavy atom. The van der Waals surface area contributed by atoms with Crippen LogP contribution >= 0.6 is 0 Å². The summed E-state index contributed by atoms with van der Waals surface area (Å²) >= 11 is 0. The van der Waals surface area contributed by atoms with Crippen molar-refractivity contribution in [2.24, 2.45) is 0 Å². The molecule has 0 bridgehead atoms. The Hall–Kier alpha value is -1.83. The van der Waals surface area contributed by atoms with E-state index in [4.69, 9.17) is 4.74 Å². The highest BCUT2D eigenvalue weighted by atomic mass is 32.2. The molecule has 4 nitrogen and oxygen atoms in total. The van der Waals surface area contributed by atoms with Gasteiger partial charge < -0.3 is 4.74 Å². The van der Waals surface area contributed by atoms with Gasteiger partial charge in [-0.25, -0.2) is 21.9 Å². The van der Waals surface area contributed by atoms with Gasteiger partial charge in [0.15, 0.2) is 0 Å². The summed E-state index contributed by atoms with van der Waals surface area (Å²) in [6.45, 7) is 1.41. The predicted octanol–water partition coefficient (Wildman–Crippen LogP) is 2.94. The van der Waals surface area contributed by atoms with Gasteiger partial charge in [0.05, 0.1) is 11.0 Å². The average Bonchev–Trinajstić information content (AvgIpc) is 2.50. The van der Waals surface area contributed by atoms with E-state index in [1.165, 1.54) is 44.4 Å². The van der Waals surface area contributed by atoms with Gasteiger partial charge in [0, 0.05) is 13.7 Å². The van der Waals surface area contributed by atoms with Crippen LogP contribution in [0.1, 0.15) is 17.2 Å². The van der Waals surface area contributed by atoms with Gasteiger partial charge in [0.2, 0.25) is 10.0 Å². The molecule has 2 aromatic rings. The molecule has 0 aromatic heterocycles. The molecule has 0 amide bonds. The molecule has 0 aliphatic heterocycles. The van der Waals surface area contributed by atoms with Crippen LogP contribution in [0.15, 0.2) is 47.4 Å². The second-order valence-electron chi connectivity index (χ2n) is 5.04. The minimum absolute atomic E-state index is 0.0366. The zero-order valence-corrected chi connectivity index (χ0v) is 13.5. The van der Waals surface area contributed by atoms with E-state index in [0.717, 1.165) is 6.07 Å². The normalized spacial score (nSPS) is 13.0. The van der Waals surface area contributed by atoms with Crippen LogP contribution < -0.4 is 4.72 Å². The van der Waals surface area contributed by atoms with Crippen LogP contribution in [0.3, 0.4) is 0 Å². The van der Waals surface area contributed by atoms with Crippen molar-refractivity contribution in [3.8, 4) is 0 Å². The first-order valence-corrected chi connectivity index (χ1v) is 8.36. The van der Waals surface area contributed by atoms with Crippen molar-refractivity contribution < 1.29 is 21.9 Å². The molecular formula is C16H17F2NO3S. The molecule has 1 N–H and O–H groups in total. The van der Waals surface area contributed by atoms with Crippen LogP contribution in [-0.4, -0.2) is 22.1 Å². The van der Waals surface area contributed by atoms with E-state index >= 15 is 0 Å². The molecule has 1 atom stereocenters. The lowest BCUT2D eigenvalue weighted by atomic mass is 10.1. The van der Waals surface area contributed by atoms with Crippen molar-refractivity contribution in [1.82, 2.24) is 4.72 Å². The van der Waals surface area contributed by atoms with E-state index in [-0.39, 0.29) is 17.0 Å². The number of sulfonamides is 1. The van der Waals surface area contributed by atoms with Gasteiger partial charge in [-0.2, -0.15) is 0 Å². The largest absolute Gasteiger partial charge is 0.375 e. The molecule has 2 aromatic carbocycles. The molecule has 0 saturated carbocycles. The van der Waals surface area contributed by atoms with Crippen LogP contribution in [0.25, 0.3) is 0 Å². The van der Waals surface area contributed by atoms with Gasteiger partial charge in [-0.1, -0.05) is 12.1 Å². The molecule has 0 aliphatic rings. The van der Waals surface area contributed by atoms with Crippen molar-refractivity contribution in [1.29, 1.82) is 0 Å². The number of rotatable bonds is 6. The summed E-state index contributed by atoms with van der Waals surface area (Å²) in [6.07, 6.45) is -0.637. The highest BCUT2D eigenvalue weighted by Crippen LogP contribution is 2.19. The first kappa shape index (κ1) is 17.5. The molecule has 0 unspecified atom stereocenters. The van der Waals surface area contributed by atoms with Gasteiger partial charge in [0.1, 0.15) is 11.6 Å². The van der Waals surface area contributed by atoms with Gasteiger partial charge >= 0.3 is 0 Å². The van der Waals surface area contributed by atoms with Gasteiger partial charge in [-0.3, -0.25) is 0 Å². The summed E-state index contributed by atoms with van der Waals surface area (Å²) in [7, 11) is -2.40. The van der Waals surface area contributed by atoms with E-state index in [2.05, 4.69) is 4.72 Å². The Kier molecular flexibility index (Phi) is 5.46. The number of halogens is 2. The lowest BCUT2D eigenvalue weighted by Crippen LogP contribution is -2.29. The van der Waals surface area contributed by atoms with Crippen LogP contribution in [0.5, 0.6) is 0 Å². The lowest BCUT2D eigenvalue weighted by Gasteiger charge is -2.17. The van der Waals surface area contributed by atoms with Crippen molar-refractivity contribution in [3.63, 3.8) is 0 Å². The van der Waals surface area contributed by atoms with E-state index in [9.17, 15) is 17.2 Å². The van der Waals surface area contributed by atoms with E-state index in [1.54, 1.807) is 6.07 Å². The summed E-state index contributed by atoms with van der Waals surface area (Å²) in [5.74, 6) is -0.903. The van der Waals surface area contributed by atoms with E-state index in [0.29, 0.717) is 5.56 Å². The Balaban J connectivity index is 2.15. The number of nitrogens with one attached hydrogen (secondary N) is 1. The number of benzene rings is 2. The van der Waals surface area contributed by atoms with Gasteiger partial charge in [-0.05, 0) is 48.4 Å². The SMILES string of the molecule is CO[C@H](CNS(=O)(=O)c1ccc(F)c(C)c1)c1cccc(F)c1. The van der Waals surface area contributed by atoms with Crippen LogP contribution in [0.2, 0.25) is 0 Å². The third-order valence-electron chi connectivity index (χ3n) is 3.40. The van der Waals surface area contributed by atoms with Gasteiger partial charge in [0.25, 0.3) is 0 Å². The fourth-order valence-electron chi connectivity index (χ4n) is 2.10. The van der Waals surface area contributed by atoms with Gasteiger partial charge in [-0.15, -0.1) is 0 Å². The number of hydrogen-bond acceptors (Lipinski definition) is 3. The molecule has 0 spiro atoms. The number of methoxy groups -OCH3 is 1. The molecule has 0 radical (unpaired) electrons. The second-order valence-corrected chi connectivity index (χ2v) is 6.81. The summed E-state index contributed by atoms with van der Waals surface area (Å²) in [5.41, 5.74) is 0.756. The van der Waals surface area contributed by atoms with E-state index in [1.807, 2.05) is 0 Å². The first-order chi connectivity index (χ1) is 10.8. The summed E-state index contributed by atoms with van der Waals surface area (Å²) in [4.78, 5) is -0.0366. The molecule has 0 aliphatic carbocycles. The fourth-order valence-corrected chi connectivity index (χ4v) is 3.21. The lowest BCUT2D eigenvalue weighted by molar-refractivity contribution is 0.107. The van der Waals surface area contributed by atoms with Crippen molar-refractivity contribution in [2.45, 2.75) is 17.9 Å². The second kappa shape index (κ2) is 7.16. The standard InChI is InChI=1S/C16H17F2NO3S/c1-11-8-14(6-7-15(11)18)23(20,21)19-10-16(22-2)12-4-3-5-13(17)9-12/h3-9,16,19H,10H2,1-2H3/t16-/m1/s1. The quantitative estimate of drug-likeness (QED) is 0.879. The Labute approximate surface area is 134 Å². The predicted molar refractivity (Wildman–Crippen MR) is 82.5 cm³/mol. The highest BCUT2D eigenvalue weighted by Gasteiger charge is 2.19. The minimum atomic E-state index is -3.81. The van der Waals surface area contributed by atoms with E-state index < -0.39 is 27.8 Å². The maximum atomic E-state index is 13.3. The smallest absolute Gasteiger partial charge is 0.240 e. The molecule has 23 heavy (non-hydrogen) atoms. The molecule has 124 valence electrons. The first-order valence-electron chi connectivity index (χ1n) is 6.87. The van der Waals surface area contributed by atoms with Crippen molar-refractivity contribution >= 4 is 10.0 Å². The fraction of sp³-hybridized carbons (Fsp3) is 0.250. The molecular weight excluding hydrogens is 324 g/mol. The Morgan fingerprint density at radius 1 is 1.17 bits per heavy atom. The Bertz CT molecular complexity index is 794. The zero-order chi connectivity index (χ0) is 17.0. The van der Waals surface area contributed by atoms with Crippen molar-refractivity contribution in [3.05, 3.63) is 65.2 Å². The summed E-state index contributed by atoms with van der Waals surface area (Å²) < 4.78 is 58.6. The van der Waals surface area contributed by atoms with Crippen LogP contribution in [0, 0.1) is 18.6 Å². The molecule has 0 fully saturated rings. The number of aryl methyl sites for hydroxylation is 1. The summed E-state index contributed by atoms with van der Waals surface area (Å²) in [5, 5.41) is 0. The zero-order valence-electron chi connectivity index (χ0n) is 12.7. The Morgan fingerprint density at radius 3 is 2.52 bits per heavy atom. The van der Waals surface area contributed by atoms with Crippen LogP contribution in [0.4, 0.5) is 8.78 Å². The average molecular weight is 341 g/mol. The molecule has 0 saturated heterocycles. The maximum absolute atomic E-state index is 13.3. The monoisotopic (exact) mass is 341 g/mol. The highest BCUT2D eigenvalue weighted by molar-refractivity contribution is 7.89. The minimum Gasteiger partial charge on any atom is -0.375 e. The molecule has 0 heterocycles. The van der Waals surface area contributed by atoms with Crippen molar-refractivity contribution in [2.75, 3.05) is 13.7 Å². The summed E-state index contributed by atoms with van der Waals surface area (Å²) in [6, 6.07) is 9.29. The molecule has 2 rings (SSSR count). The maximum Gasteiger partial charge on any atom is 0.240 e. The topological polar surface area (TPSA) is 55.4 Å². The van der Waals surface area contributed by atoms with Crippen LogP contribution in [-0.2, 0) is 14.8 Å². The third-order valence-corrected chi connectivity index (χ3v) is 4.82.